The van der Waals surface area contributed by atoms with Gasteiger partial charge in [-0.05, 0) is 18.2 Å². The standard InChI is InChI=1S/C12H8ClNO4/c13-11-9(14(16)17)6-7-10(12(11)15)18-8-4-2-1-3-5-8/h1-7,15H. The highest BCUT2D eigenvalue weighted by atomic mass is 35.5. The molecule has 0 unspecified atom stereocenters. The largest absolute Gasteiger partial charge is 0.503 e. The minimum Gasteiger partial charge on any atom is -0.503 e. The molecule has 0 radical (unpaired) electrons. The number of nitro groups is 1. The lowest BCUT2D eigenvalue weighted by Crippen LogP contribution is -1.91. The number of benzene rings is 2. The van der Waals surface area contributed by atoms with E-state index in [2.05, 4.69) is 0 Å². The molecule has 0 atom stereocenters. The molecule has 0 aromatic heterocycles. The smallest absolute Gasteiger partial charge is 0.291 e. The number of phenols is 1. The second-order valence-electron chi connectivity index (χ2n) is 3.42. The highest BCUT2D eigenvalue weighted by Gasteiger charge is 2.19. The Hall–Kier alpha value is -2.27. The molecule has 6 heteroatoms. The fourth-order valence-corrected chi connectivity index (χ4v) is 1.60. The summed E-state index contributed by atoms with van der Waals surface area (Å²) in [5.74, 6) is 0.115. The van der Waals surface area contributed by atoms with Crippen molar-refractivity contribution in [2.75, 3.05) is 0 Å². The van der Waals surface area contributed by atoms with Gasteiger partial charge in [0.1, 0.15) is 5.75 Å². The normalized spacial score (nSPS) is 10.1. The molecule has 92 valence electrons. The predicted octanol–water partition coefficient (Wildman–Crippen LogP) is 3.75. The summed E-state index contributed by atoms with van der Waals surface area (Å²) in [4.78, 5) is 9.94. The fourth-order valence-electron chi connectivity index (χ4n) is 1.38. The maximum absolute atomic E-state index is 10.6. The Morgan fingerprint density at radius 3 is 2.44 bits per heavy atom. The molecule has 0 spiro atoms. The molecule has 18 heavy (non-hydrogen) atoms. The first-order chi connectivity index (χ1) is 8.59. The molecule has 0 aliphatic heterocycles. The van der Waals surface area contributed by atoms with Crippen LogP contribution in [0.1, 0.15) is 0 Å². The van der Waals surface area contributed by atoms with Gasteiger partial charge in [-0.2, -0.15) is 0 Å². The summed E-state index contributed by atoms with van der Waals surface area (Å²) in [6.07, 6.45) is 0. The monoisotopic (exact) mass is 265 g/mol. The van der Waals surface area contributed by atoms with E-state index in [0.29, 0.717) is 5.75 Å². The lowest BCUT2D eigenvalue weighted by molar-refractivity contribution is -0.384. The average molecular weight is 266 g/mol. The second kappa shape index (κ2) is 4.93. The van der Waals surface area contributed by atoms with Gasteiger partial charge >= 0.3 is 0 Å². The highest BCUT2D eigenvalue weighted by Crippen LogP contribution is 2.41. The summed E-state index contributed by atoms with van der Waals surface area (Å²) in [7, 11) is 0. The van der Waals surface area contributed by atoms with Crippen molar-refractivity contribution in [1.82, 2.24) is 0 Å². The molecule has 0 saturated heterocycles. The number of halogens is 1. The van der Waals surface area contributed by atoms with Gasteiger partial charge in [0.05, 0.1) is 4.92 Å². The second-order valence-corrected chi connectivity index (χ2v) is 3.80. The molecule has 2 rings (SSSR count). The summed E-state index contributed by atoms with van der Waals surface area (Å²) >= 11 is 5.69. The summed E-state index contributed by atoms with van der Waals surface area (Å²) in [5.41, 5.74) is -0.366. The van der Waals surface area contributed by atoms with Crippen LogP contribution in [0.4, 0.5) is 5.69 Å². The number of ether oxygens (including phenoxy) is 1. The van der Waals surface area contributed by atoms with E-state index < -0.39 is 10.7 Å². The van der Waals surface area contributed by atoms with Crippen LogP contribution in [0.2, 0.25) is 5.02 Å². The van der Waals surface area contributed by atoms with E-state index in [0.717, 1.165) is 0 Å². The van der Waals surface area contributed by atoms with Gasteiger partial charge in [-0.3, -0.25) is 10.1 Å². The topological polar surface area (TPSA) is 72.6 Å². The molecule has 0 saturated carbocycles. The van der Waals surface area contributed by atoms with Gasteiger partial charge in [-0.15, -0.1) is 0 Å². The van der Waals surface area contributed by atoms with Crippen LogP contribution in [0, 0.1) is 10.1 Å². The van der Waals surface area contributed by atoms with Crippen molar-refractivity contribution in [2.45, 2.75) is 0 Å². The van der Waals surface area contributed by atoms with E-state index in [-0.39, 0.29) is 16.5 Å². The van der Waals surface area contributed by atoms with Gasteiger partial charge in [0.15, 0.2) is 16.5 Å². The zero-order valence-electron chi connectivity index (χ0n) is 9.04. The van der Waals surface area contributed by atoms with E-state index in [4.69, 9.17) is 16.3 Å². The Morgan fingerprint density at radius 2 is 1.83 bits per heavy atom. The maximum atomic E-state index is 10.6. The van der Waals surface area contributed by atoms with Crippen molar-refractivity contribution in [3.63, 3.8) is 0 Å². The molecule has 0 aliphatic rings. The molecule has 5 nitrogen and oxygen atoms in total. The zero-order chi connectivity index (χ0) is 13.1. The zero-order valence-corrected chi connectivity index (χ0v) is 9.79. The van der Waals surface area contributed by atoms with Crippen molar-refractivity contribution in [1.29, 1.82) is 0 Å². The number of hydrogen-bond acceptors (Lipinski definition) is 4. The van der Waals surface area contributed by atoms with Gasteiger partial charge in [0.2, 0.25) is 0 Å². The quantitative estimate of drug-likeness (QED) is 0.678. The minimum atomic E-state index is -0.672. The number of hydrogen-bond donors (Lipinski definition) is 1. The van der Waals surface area contributed by atoms with E-state index in [1.807, 2.05) is 6.07 Å². The van der Waals surface area contributed by atoms with Crippen molar-refractivity contribution < 1.29 is 14.8 Å². The fraction of sp³-hybridized carbons (Fsp3) is 0. The average Bonchev–Trinajstić information content (AvgIpc) is 2.36. The Morgan fingerprint density at radius 1 is 1.17 bits per heavy atom. The number of aromatic hydroxyl groups is 1. The van der Waals surface area contributed by atoms with Crippen molar-refractivity contribution in [3.05, 3.63) is 57.6 Å². The van der Waals surface area contributed by atoms with Gasteiger partial charge in [0, 0.05) is 6.07 Å². The first-order valence-corrected chi connectivity index (χ1v) is 5.36. The Kier molecular flexibility index (Phi) is 3.34. The summed E-state index contributed by atoms with van der Waals surface area (Å²) in [5, 5.41) is 20.0. The number of phenolic OH excluding ortho intramolecular Hbond substituents is 1. The third-order valence-corrected chi connectivity index (χ3v) is 2.60. The van der Waals surface area contributed by atoms with E-state index in [1.165, 1.54) is 12.1 Å². The summed E-state index contributed by atoms with van der Waals surface area (Å²) in [6.45, 7) is 0. The van der Waals surface area contributed by atoms with Gasteiger partial charge in [-0.25, -0.2) is 0 Å². The molecule has 2 aromatic rings. The van der Waals surface area contributed by atoms with E-state index in [9.17, 15) is 15.2 Å². The number of para-hydroxylation sites is 1. The molecule has 0 heterocycles. The van der Waals surface area contributed by atoms with E-state index in [1.54, 1.807) is 24.3 Å². The van der Waals surface area contributed by atoms with Crippen LogP contribution in [-0.2, 0) is 0 Å². The van der Waals surface area contributed by atoms with Crippen LogP contribution in [0.25, 0.3) is 0 Å². The molecular weight excluding hydrogens is 258 g/mol. The van der Waals surface area contributed by atoms with Crippen molar-refractivity contribution in [3.8, 4) is 17.2 Å². The van der Waals surface area contributed by atoms with Crippen LogP contribution in [0.15, 0.2) is 42.5 Å². The lowest BCUT2D eigenvalue weighted by Gasteiger charge is -2.08. The molecule has 0 bridgehead atoms. The molecule has 0 fully saturated rings. The van der Waals surface area contributed by atoms with Gasteiger partial charge < -0.3 is 9.84 Å². The molecule has 2 aromatic carbocycles. The first-order valence-electron chi connectivity index (χ1n) is 4.98. The molecular formula is C12H8ClNO4. The summed E-state index contributed by atoms with van der Waals surface area (Å²) in [6, 6.07) is 11.2. The maximum Gasteiger partial charge on any atom is 0.291 e. The highest BCUT2D eigenvalue weighted by molar-refractivity contribution is 6.34. The van der Waals surface area contributed by atoms with Crippen LogP contribution in [0.5, 0.6) is 17.2 Å². The third kappa shape index (κ3) is 2.36. The SMILES string of the molecule is O=[N+]([O-])c1ccc(Oc2ccccc2)c(O)c1Cl. The summed E-state index contributed by atoms with van der Waals surface area (Å²) < 4.78 is 5.37. The Bertz CT molecular complexity index is 586. The molecule has 0 aliphatic carbocycles. The number of nitro benzene ring substituents is 1. The van der Waals surface area contributed by atoms with Crippen LogP contribution in [0.3, 0.4) is 0 Å². The van der Waals surface area contributed by atoms with Gasteiger partial charge in [-0.1, -0.05) is 29.8 Å². The van der Waals surface area contributed by atoms with Crippen LogP contribution in [-0.4, -0.2) is 10.0 Å². The van der Waals surface area contributed by atoms with Crippen LogP contribution < -0.4 is 4.74 Å². The van der Waals surface area contributed by atoms with E-state index >= 15 is 0 Å². The molecule has 1 N–H and O–H groups in total. The predicted molar refractivity (Wildman–Crippen MR) is 66.3 cm³/mol. The number of nitrogens with zero attached hydrogens (tertiary/aromatic N) is 1. The minimum absolute atomic E-state index is 0.0665. The lowest BCUT2D eigenvalue weighted by atomic mass is 10.2. The van der Waals surface area contributed by atoms with Crippen molar-refractivity contribution >= 4 is 17.3 Å². The first kappa shape index (κ1) is 12.2. The van der Waals surface area contributed by atoms with Crippen LogP contribution >= 0.6 is 11.6 Å². The molecule has 0 amide bonds. The van der Waals surface area contributed by atoms with Crippen molar-refractivity contribution in [2.24, 2.45) is 0 Å². The van der Waals surface area contributed by atoms with Gasteiger partial charge in [0.25, 0.3) is 5.69 Å². The Labute approximate surface area is 107 Å². The Balaban J connectivity index is 2.36. The third-order valence-electron chi connectivity index (χ3n) is 2.23. The number of rotatable bonds is 3.